The molecule has 0 aliphatic carbocycles. The van der Waals surface area contributed by atoms with Crippen molar-refractivity contribution in [3.8, 4) is 40.3 Å². The molecule has 2 aromatic heterocycles. The summed E-state index contributed by atoms with van der Waals surface area (Å²) in [6.45, 7) is 2.13. The number of hydrogen-bond acceptors (Lipinski definition) is 4. The zero-order valence-electron chi connectivity index (χ0n) is 19.5. The van der Waals surface area contributed by atoms with Gasteiger partial charge in [-0.05, 0) is 60.0 Å². The Balaban J connectivity index is 1.56. The lowest BCUT2D eigenvalue weighted by molar-refractivity contribution is 1.14. The van der Waals surface area contributed by atoms with Crippen LogP contribution in [0.15, 0.2) is 97.3 Å². The number of hydrogen-bond donors (Lipinski definition) is 0. The molecule has 36 heavy (non-hydrogen) atoms. The number of nitriles is 2. The molecule has 0 N–H and O–H groups in total. The normalized spacial score (nSPS) is 10.9. The average Bonchev–Trinajstić information content (AvgIpc) is 3.26. The fraction of sp³-hybridized carbons (Fsp3) is 0.0323. The van der Waals surface area contributed by atoms with Crippen molar-refractivity contribution in [1.82, 2.24) is 14.5 Å². The van der Waals surface area contributed by atoms with E-state index in [0.29, 0.717) is 17.0 Å². The van der Waals surface area contributed by atoms with Crippen molar-refractivity contribution in [2.75, 3.05) is 0 Å². The molecule has 6 rings (SSSR count). The topological polar surface area (TPSA) is 78.3 Å². The maximum Gasteiger partial charge on any atom is 0.159 e. The Labute approximate surface area is 208 Å². The first-order chi connectivity index (χ1) is 17.7. The maximum absolute atomic E-state index is 10.1. The van der Waals surface area contributed by atoms with E-state index in [4.69, 9.17) is 5.26 Å². The minimum Gasteiger partial charge on any atom is -0.308 e. The van der Waals surface area contributed by atoms with Crippen molar-refractivity contribution >= 4 is 21.8 Å². The van der Waals surface area contributed by atoms with Gasteiger partial charge >= 0.3 is 0 Å². The standard InChI is InChI=1S/C31H19N5/c1-20-6-2-3-7-25(20)22-10-13-30-27(15-22)26-8-4-5-9-29(26)36(30)28-12-11-23(14-24(28)17-33)31-34-18-21(16-32)19-35-31/h2-15,18-19H,1H3. The Hall–Kier alpha value is -5.26. The predicted octanol–water partition coefficient (Wildman–Crippen LogP) is 6.96. The number of fused-ring (bicyclic) bond motifs is 3. The number of aryl methyl sites for hydroxylation is 1. The van der Waals surface area contributed by atoms with Crippen LogP contribution in [-0.4, -0.2) is 14.5 Å². The molecule has 6 aromatic rings. The molecule has 0 amide bonds. The lowest BCUT2D eigenvalue weighted by Crippen LogP contribution is -1.99. The van der Waals surface area contributed by atoms with Crippen LogP contribution in [0.4, 0.5) is 0 Å². The van der Waals surface area contributed by atoms with Crippen molar-refractivity contribution in [2.45, 2.75) is 6.92 Å². The number of rotatable bonds is 3. The highest BCUT2D eigenvalue weighted by atomic mass is 15.0. The highest BCUT2D eigenvalue weighted by Crippen LogP contribution is 2.36. The van der Waals surface area contributed by atoms with Crippen LogP contribution in [0.3, 0.4) is 0 Å². The van der Waals surface area contributed by atoms with Gasteiger partial charge in [-0.15, -0.1) is 0 Å². The molecular weight excluding hydrogens is 442 g/mol. The largest absolute Gasteiger partial charge is 0.308 e. The van der Waals surface area contributed by atoms with Crippen LogP contribution in [-0.2, 0) is 0 Å². The summed E-state index contributed by atoms with van der Waals surface area (Å²) in [5, 5.41) is 21.4. The van der Waals surface area contributed by atoms with Gasteiger partial charge in [0.2, 0.25) is 0 Å². The van der Waals surface area contributed by atoms with Gasteiger partial charge in [0, 0.05) is 28.7 Å². The zero-order valence-corrected chi connectivity index (χ0v) is 19.5. The predicted molar refractivity (Wildman–Crippen MR) is 141 cm³/mol. The van der Waals surface area contributed by atoms with Gasteiger partial charge < -0.3 is 4.57 Å². The van der Waals surface area contributed by atoms with Gasteiger partial charge in [-0.25, -0.2) is 9.97 Å². The van der Waals surface area contributed by atoms with Crippen molar-refractivity contribution in [2.24, 2.45) is 0 Å². The van der Waals surface area contributed by atoms with Crippen LogP contribution < -0.4 is 0 Å². The minimum absolute atomic E-state index is 0.395. The smallest absolute Gasteiger partial charge is 0.159 e. The second-order valence-electron chi connectivity index (χ2n) is 8.65. The summed E-state index contributed by atoms with van der Waals surface area (Å²) in [4.78, 5) is 8.57. The van der Waals surface area contributed by atoms with Gasteiger partial charge in [0.1, 0.15) is 12.1 Å². The highest BCUT2D eigenvalue weighted by molar-refractivity contribution is 6.10. The number of aromatic nitrogens is 3. The Kier molecular flexibility index (Phi) is 5.03. The Bertz CT molecular complexity index is 1860. The van der Waals surface area contributed by atoms with Crippen LogP contribution >= 0.6 is 0 Å². The maximum atomic E-state index is 10.1. The summed E-state index contributed by atoms with van der Waals surface area (Å²) >= 11 is 0. The molecule has 2 heterocycles. The van der Waals surface area contributed by atoms with Crippen LogP contribution in [0.2, 0.25) is 0 Å². The van der Waals surface area contributed by atoms with Gasteiger partial charge in [0.05, 0.1) is 27.8 Å². The van der Waals surface area contributed by atoms with Gasteiger partial charge in [-0.1, -0.05) is 48.5 Å². The second kappa shape index (κ2) is 8.51. The van der Waals surface area contributed by atoms with E-state index in [1.807, 2.05) is 30.3 Å². The summed E-state index contributed by atoms with van der Waals surface area (Å²) in [6, 6.07) is 33.2. The molecule has 5 heteroatoms. The quantitative estimate of drug-likeness (QED) is 0.285. The lowest BCUT2D eigenvalue weighted by atomic mass is 9.99. The van der Waals surface area contributed by atoms with Crippen molar-refractivity contribution in [3.05, 3.63) is 114 Å². The molecule has 0 bridgehead atoms. The third kappa shape index (κ3) is 3.39. The van der Waals surface area contributed by atoms with Crippen molar-refractivity contribution in [3.63, 3.8) is 0 Å². The van der Waals surface area contributed by atoms with Gasteiger partial charge in [0.25, 0.3) is 0 Å². The number of nitrogens with zero attached hydrogens (tertiary/aromatic N) is 5. The summed E-state index contributed by atoms with van der Waals surface area (Å²) in [6.07, 6.45) is 2.97. The van der Waals surface area contributed by atoms with E-state index >= 15 is 0 Å². The third-order valence-corrected chi connectivity index (χ3v) is 6.53. The van der Waals surface area contributed by atoms with E-state index in [2.05, 4.69) is 82.1 Å². The molecule has 4 aromatic carbocycles. The third-order valence-electron chi connectivity index (χ3n) is 6.53. The van der Waals surface area contributed by atoms with Crippen LogP contribution in [0.25, 0.3) is 50.0 Å². The van der Waals surface area contributed by atoms with E-state index in [9.17, 15) is 5.26 Å². The molecule has 0 radical (unpaired) electrons. The summed E-state index contributed by atoms with van der Waals surface area (Å²) in [5.74, 6) is 0.474. The lowest BCUT2D eigenvalue weighted by Gasteiger charge is -2.12. The zero-order chi connectivity index (χ0) is 24.6. The monoisotopic (exact) mass is 461 g/mol. The first-order valence-corrected chi connectivity index (χ1v) is 11.5. The SMILES string of the molecule is Cc1ccccc1-c1ccc2c(c1)c1ccccc1n2-c1ccc(-c2ncc(C#N)cn2)cc1C#N. The molecule has 168 valence electrons. The van der Waals surface area contributed by atoms with E-state index < -0.39 is 0 Å². The van der Waals surface area contributed by atoms with Gasteiger partial charge in [-0.2, -0.15) is 10.5 Å². The van der Waals surface area contributed by atoms with Crippen LogP contribution in [0.5, 0.6) is 0 Å². The number of benzene rings is 4. The molecule has 5 nitrogen and oxygen atoms in total. The van der Waals surface area contributed by atoms with Crippen molar-refractivity contribution < 1.29 is 0 Å². The molecule has 0 spiro atoms. The van der Waals surface area contributed by atoms with E-state index in [1.54, 1.807) is 6.07 Å². The molecule has 0 fully saturated rings. The van der Waals surface area contributed by atoms with Gasteiger partial charge in [0.15, 0.2) is 5.82 Å². The first kappa shape index (κ1) is 21.3. The molecule has 0 atom stereocenters. The summed E-state index contributed by atoms with van der Waals surface area (Å²) in [7, 11) is 0. The van der Waals surface area contributed by atoms with Crippen LogP contribution in [0.1, 0.15) is 16.7 Å². The average molecular weight is 462 g/mol. The molecule has 0 unspecified atom stereocenters. The van der Waals surface area contributed by atoms with Crippen LogP contribution in [0, 0.1) is 29.6 Å². The summed E-state index contributed by atoms with van der Waals surface area (Å²) < 4.78 is 2.15. The Morgan fingerprint density at radius 2 is 1.42 bits per heavy atom. The Morgan fingerprint density at radius 3 is 2.19 bits per heavy atom. The van der Waals surface area contributed by atoms with E-state index in [0.717, 1.165) is 38.6 Å². The molecule has 0 aliphatic rings. The molecule has 0 saturated heterocycles. The molecule has 0 saturated carbocycles. The first-order valence-electron chi connectivity index (χ1n) is 11.5. The summed E-state index contributed by atoms with van der Waals surface area (Å²) in [5.41, 5.74) is 8.11. The molecule has 0 aliphatic heterocycles. The second-order valence-corrected chi connectivity index (χ2v) is 8.65. The fourth-order valence-electron chi connectivity index (χ4n) is 4.79. The van der Waals surface area contributed by atoms with Gasteiger partial charge in [-0.3, -0.25) is 0 Å². The fourth-order valence-corrected chi connectivity index (χ4v) is 4.79. The number of para-hydroxylation sites is 1. The van der Waals surface area contributed by atoms with E-state index in [1.165, 1.54) is 23.5 Å². The minimum atomic E-state index is 0.395. The van der Waals surface area contributed by atoms with Crippen molar-refractivity contribution in [1.29, 1.82) is 10.5 Å². The molecular formula is C31H19N5. The Morgan fingerprint density at radius 1 is 0.694 bits per heavy atom. The highest BCUT2D eigenvalue weighted by Gasteiger charge is 2.17. The van der Waals surface area contributed by atoms with E-state index in [-0.39, 0.29) is 0 Å².